The second-order valence-corrected chi connectivity index (χ2v) is 11.1. The maximum atomic E-state index is 13.4. The molecule has 2 amide bonds. The summed E-state index contributed by atoms with van der Waals surface area (Å²) in [5.41, 5.74) is 3.40. The van der Waals surface area contributed by atoms with Crippen LogP contribution < -0.4 is 10.6 Å². The molecule has 38 heavy (non-hydrogen) atoms. The smallest absolute Gasteiger partial charge is 0.251 e. The fraction of sp³-hybridized carbons (Fsp3) is 0.533. The number of hydrogen-bond acceptors (Lipinski definition) is 4. The first-order chi connectivity index (χ1) is 18.3. The van der Waals surface area contributed by atoms with Crippen molar-refractivity contribution in [2.24, 2.45) is 0 Å². The molecule has 2 N–H and O–H groups in total. The summed E-state index contributed by atoms with van der Waals surface area (Å²) in [6.45, 7) is 9.83. The zero-order chi connectivity index (χ0) is 27.1. The summed E-state index contributed by atoms with van der Waals surface area (Å²) in [5.74, 6) is -0.770. The van der Waals surface area contributed by atoms with Crippen LogP contribution in [0.15, 0.2) is 36.4 Å². The van der Waals surface area contributed by atoms with Crippen LogP contribution in [0, 0.1) is 12.7 Å². The molecule has 8 heteroatoms. The molecule has 206 valence electrons. The lowest BCUT2D eigenvalue weighted by Crippen LogP contribution is -2.45. The van der Waals surface area contributed by atoms with Crippen LogP contribution in [0.5, 0.6) is 0 Å². The van der Waals surface area contributed by atoms with Crippen LogP contribution in [-0.2, 0) is 0 Å². The number of carbonyl (C=O) groups excluding carboxylic acids is 2. The van der Waals surface area contributed by atoms with E-state index in [1.807, 2.05) is 12.1 Å². The summed E-state index contributed by atoms with van der Waals surface area (Å²) >= 11 is 5.82. The van der Waals surface area contributed by atoms with Crippen molar-refractivity contribution in [2.45, 2.75) is 64.5 Å². The maximum absolute atomic E-state index is 13.4. The van der Waals surface area contributed by atoms with Crippen LogP contribution in [0.4, 0.5) is 4.39 Å². The fourth-order valence-electron chi connectivity index (χ4n) is 5.61. The van der Waals surface area contributed by atoms with E-state index in [2.05, 4.69) is 40.3 Å². The summed E-state index contributed by atoms with van der Waals surface area (Å²) in [4.78, 5) is 30.2. The first-order valence-corrected chi connectivity index (χ1v) is 14.3. The molecule has 1 unspecified atom stereocenters. The molecule has 2 aliphatic heterocycles. The predicted octanol–water partition coefficient (Wildman–Crippen LogP) is 5.35. The van der Waals surface area contributed by atoms with E-state index in [4.69, 9.17) is 11.6 Å². The van der Waals surface area contributed by atoms with Gasteiger partial charge in [-0.2, -0.15) is 0 Å². The summed E-state index contributed by atoms with van der Waals surface area (Å²) in [6.07, 6.45) is 6.81. The van der Waals surface area contributed by atoms with E-state index in [1.165, 1.54) is 49.4 Å². The Morgan fingerprint density at radius 2 is 1.63 bits per heavy atom. The van der Waals surface area contributed by atoms with Gasteiger partial charge in [0.15, 0.2) is 0 Å². The van der Waals surface area contributed by atoms with Gasteiger partial charge in [0.05, 0.1) is 5.02 Å². The third kappa shape index (κ3) is 7.55. The number of carbonyl (C=O) groups is 2. The number of piperidine rings is 1. The number of nitrogens with one attached hydrogen (secondary N) is 2. The number of rotatable bonds is 8. The Bertz CT molecular complexity index is 1110. The Balaban J connectivity index is 1.25. The van der Waals surface area contributed by atoms with E-state index in [0.717, 1.165) is 51.1 Å². The number of hydrogen-bond donors (Lipinski definition) is 2. The van der Waals surface area contributed by atoms with E-state index in [0.29, 0.717) is 17.7 Å². The predicted molar refractivity (Wildman–Crippen MR) is 150 cm³/mol. The van der Waals surface area contributed by atoms with Crippen molar-refractivity contribution in [2.75, 3.05) is 39.3 Å². The Hall–Kier alpha value is -2.48. The molecule has 2 aromatic rings. The quantitative estimate of drug-likeness (QED) is 0.472. The third-order valence-corrected chi connectivity index (χ3v) is 8.28. The van der Waals surface area contributed by atoms with Crippen molar-refractivity contribution in [1.29, 1.82) is 0 Å². The van der Waals surface area contributed by atoms with Gasteiger partial charge in [-0.25, -0.2) is 4.39 Å². The lowest BCUT2D eigenvalue weighted by Gasteiger charge is -2.37. The van der Waals surface area contributed by atoms with Crippen LogP contribution in [0.25, 0.3) is 0 Å². The molecule has 2 aromatic carbocycles. The van der Waals surface area contributed by atoms with Crippen LogP contribution in [0.2, 0.25) is 5.02 Å². The number of halogens is 2. The van der Waals surface area contributed by atoms with Crippen molar-refractivity contribution < 1.29 is 14.0 Å². The zero-order valence-electron chi connectivity index (χ0n) is 22.6. The topological polar surface area (TPSA) is 64.7 Å². The lowest BCUT2D eigenvalue weighted by atomic mass is 9.95. The van der Waals surface area contributed by atoms with Crippen molar-refractivity contribution in [3.8, 4) is 0 Å². The molecule has 2 saturated heterocycles. The number of aryl methyl sites for hydroxylation is 1. The monoisotopic (exact) mass is 542 g/mol. The Kier molecular flexibility index (Phi) is 10.2. The highest BCUT2D eigenvalue weighted by Gasteiger charge is 2.26. The van der Waals surface area contributed by atoms with Crippen LogP contribution in [-0.4, -0.2) is 66.9 Å². The molecule has 4 rings (SSSR count). The number of likely N-dealkylation sites (tertiary alicyclic amines) is 2. The summed E-state index contributed by atoms with van der Waals surface area (Å²) in [6, 6.07) is 10.3. The molecule has 2 aliphatic rings. The number of nitrogens with zero attached hydrogens (tertiary/aromatic N) is 2. The largest absolute Gasteiger partial charge is 0.351 e. The average Bonchev–Trinajstić information content (AvgIpc) is 3.19. The fourth-order valence-corrected chi connectivity index (χ4v) is 5.79. The van der Waals surface area contributed by atoms with Gasteiger partial charge < -0.3 is 15.5 Å². The third-order valence-electron chi connectivity index (χ3n) is 7.99. The van der Waals surface area contributed by atoms with Gasteiger partial charge in [0, 0.05) is 49.4 Å². The second-order valence-electron chi connectivity index (χ2n) is 10.7. The molecular weight excluding hydrogens is 503 g/mol. The molecule has 2 fully saturated rings. The average molecular weight is 543 g/mol. The van der Waals surface area contributed by atoms with Crippen molar-refractivity contribution in [3.05, 3.63) is 69.5 Å². The van der Waals surface area contributed by atoms with Crippen LogP contribution in [0.1, 0.15) is 83.3 Å². The Morgan fingerprint density at radius 1 is 0.974 bits per heavy atom. The highest BCUT2D eigenvalue weighted by molar-refractivity contribution is 6.31. The van der Waals surface area contributed by atoms with Crippen LogP contribution >= 0.6 is 11.6 Å². The molecule has 6 nitrogen and oxygen atoms in total. The van der Waals surface area contributed by atoms with Gasteiger partial charge >= 0.3 is 0 Å². The minimum absolute atomic E-state index is 0.0128. The maximum Gasteiger partial charge on any atom is 0.251 e. The van der Waals surface area contributed by atoms with Gasteiger partial charge in [-0.05, 0) is 94.1 Å². The molecule has 0 radical (unpaired) electrons. The molecule has 0 saturated carbocycles. The van der Waals surface area contributed by atoms with E-state index >= 15 is 0 Å². The van der Waals surface area contributed by atoms with Crippen molar-refractivity contribution in [1.82, 2.24) is 20.4 Å². The van der Waals surface area contributed by atoms with E-state index in [9.17, 15) is 14.0 Å². The van der Waals surface area contributed by atoms with E-state index in [1.54, 1.807) is 0 Å². The highest BCUT2D eigenvalue weighted by Crippen LogP contribution is 2.27. The normalized spacial score (nSPS) is 18.5. The molecule has 0 aromatic heterocycles. The highest BCUT2D eigenvalue weighted by atomic mass is 35.5. The molecule has 0 aliphatic carbocycles. The number of benzene rings is 2. The van der Waals surface area contributed by atoms with Crippen molar-refractivity contribution >= 4 is 23.4 Å². The molecule has 1 atom stereocenters. The first-order valence-electron chi connectivity index (χ1n) is 13.9. The summed E-state index contributed by atoms with van der Waals surface area (Å²) < 4.78 is 13.4. The van der Waals surface area contributed by atoms with Crippen LogP contribution in [0.3, 0.4) is 0 Å². The van der Waals surface area contributed by atoms with Gasteiger partial charge in [0.2, 0.25) is 0 Å². The van der Waals surface area contributed by atoms with Gasteiger partial charge in [-0.1, -0.05) is 30.5 Å². The number of amides is 2. The minimum Gasteiger partial charge on any atom is -0.351 e. The van der Waals surface area contributed by atoms with Gasteiger partial charge in [-0.15, -0.1) is 0 Å². The van der Waals surface area contributed by atoms with E-state index in [-0.39, 0.29) is 28.9 Å². The Labute approximate surface area is 230 Å². The molecule has 0 bridgehead atoms. The SMILES string of the molecule is Cc1cc(C(=O)NCCN2CCCCCC2)ccc1C(C)N1CCC(NC(=O)c2ccc(F)c(Cl)c2)CC1. The van der Waals surface area contributed by atoms with Gasteiger partial charge in [-0.3, -0.25) is 14.5 Å². The van der Waals surface area contributed by atoms with Gasteiger partial charge in [0.25, 0.3) is 11.8 Å². The van der Waals surface area contributed by atoms with Gasteiger partial charge in [0.1, 0.15) is 5.82 Å². The lowest BCUT2D eigenvalue weighted by molar-refractivity contribution is 0.0894. The first kappa shape index (κ1) is 28.5. The summed E-state index contributed by atoms with van der Waals surface area (Å²) in [5, 5.41) is 6.10. The van der Waals surface area contributed by atoms with Crippen molar-refractivity contribution in [3.63, 3.8) is 0 Å². The molecule has 0 spiro atoms. The zero-order valence-corrected chi connectivity index (χ0v) is 23.3. The second kappa shape index (κ2) is 13.5. The summed E-state index contributed by atoms with van der Waals surface area (Å²) in [7, 11) is 0. The van der Waals surface area contributed by atoms with E-state index < -0.39 is 5.82 Å². The Morgan fingerprint density at radius 3 is 2.29 bits per heavy atom. The minimum atomic E-state index is -0.530. The standard InChI is InChI=1S/C30H40ClFN4O2/c1-21-19-23(29(37)33-13-18-35-14-5-3-4-6-15-35)7-9-26(21)22(2)36-16-11-25(12-17-36)34-30(38)24-8-10-28(32)27(31)20-24/h7-10,19-20,22,25H,3-6,11-18H2,1-2H3,(H,33,37)(H,34,38). The molecular formula is C30H40ClFN4O2. The molecule has 2 heterocycles.